The fraction of sp³-hybridized carbons (Fsp3) is 0.278. The Bertz CT molecular complexity index is 749. The zero-order valence-electron chi connectivity index (χ0n) is 13.8. The van der Waals surface area contributed by atoms with E-state index < -0.39 is 29.5 Å². The Kier molecular flexibility index (Phi) is 6.43. The van der Waals surface area contributed by atoms with Crippen LogP contribution in [0.25, 0.3) is 0 Å². The Hall–Kier alpha value is -2.77. The highest BCUT2D eigenvalue weighted by atomic mass is 19.4. The molecular formula is C18H17F4NO3. The molecule has 0 aliphatic heterocycles. The summed E-state index contributed by atoms with van der Waals surface area (Å²) in [6.45, 7) is 1.07. The topological polar surface area (TPSA) is 47.6 Å². The Balaban J connectivity index is 1.82. The Labute approximate surface area is 147 Å². The highest BCUT2D eigenvalue weighted by Gasteiger charge is 2.34. The highest BCUT2D eigenvalue weighted by molar-refractivity contribution is 5.77. The van der Waals surface area contributed by atoms with Gasteiger partial charge in [0.25, 0.3) is 5.91 Å². The van der Waals surface area contributed by atoms with Crippen molar-refractivity contribution in [3.8, 4) is 11.5 Å². The summed E-state index contributed by atoms with van der Waals surface area (Å²) >= 11 is 0. The van der Waals surface area contributed by atoms with Crippen molar-refractivity contribution in [2.45, 2.75) is 19.1 Å². The van der Waals surface area contributed by atoms with Crippen molar-refractivity contribution in [3.63, 3.8) is 0 Å². The first-order valence-corrected chi connectivity index (χ1v) is 7.72. The van der Waals surface area contributed by atoms with Crippen LogP contribution in [0, 0.1) is 5.82 Å². The molecular weight excluding hydrogens is 354 g/mol. The predicted molar refractivity (Wildman–Crippen MR) is 86.4 cm³/mol. The van der Waals surface area contributed by atoms with E-state index in [1.54, 1.807) is 6.92 Å². The standard InChI is InChI=1S/C18H17F4NO3/c1-12(10-26-16-8-3-2-7-15(16)18(20,21)22)23-17(24)11-25-14-6-4-5-13(19)9-14/h2-9,12H,10-11H2,1H3,(H,23,24). The van der Waals surface area contributed by atoms with Crippen molar-refractivity contribution in [1.29, 1.82) is 0 Å². The summed E-state index contributed by atoms with van der Waals surface area (Å²) in [5, 5.41) is 2.53. The molecule has 0 radical (unpaired) electrons. The molecule has 2 rings (SSSR count). The lowest BCUT2D eigenvalue weighted by Crippen LogP contribution is -2.39. The van der Waals surface area contributed by atoms with Gasteiger partial charge in [0.05, 0.1) is 11.6 Å². The van der Waals surface area contributed by atoms with Crippen LogP contribution in [-0.4, -0.2) is 25.2 Å². The van der Waals surface area contributed by atoms with Crippen LogP contribution in [0.2, 0.25) is 0 Å². The Morgan fingerprint density at radius 3 is 2.54 bits per heavy atom. The smallest absolute Gasteiger partial charge is 0.419 e. The largest absolute Gasteiger partial charge is 0.491 e. The molecule has 0 saturated carbocycles. The molecule has 0 aliphatic carbocycles. The van der Waals surface area contributed by atoms with Gasteiger partial charge in [-0.2, -0.15) is 13.2 Å². The second-order valence-corrected chi connectivity index (χ2v) is 5.52. The number of hydrogen-bond donors (Lipinski definition) is 1. The molecule has 4 nitrogen and oxygen atoms in total. The molecule has 0 bridgehead atoms. The first kappa shape index (κ1) is 19.6. The average Bonchev–Trinajstić information content (AvgIpc) is 2.58. The molecule has 2 aromatic rings. The lowest BCUT2D eigenvalue weighted by molar-refractivity contribution is -0.139. The lowest BCUT2D eigenvalue weighted by Gasteiger charge is -2.18. The van der Waals surface area contributed by atoms with Crippen LogP contribution in [0.15, 0.2) is 48.5 Å². The number of benzene rings is 2. The molecule has 1 unspecified atom stereocenters. The second-order valence-electron chi connectivity index (χ2n) is 5.52. The van der Waals surface area contributed by atoms with Crippen molar-refractivity contribution >= 4 is 5.91 Å². The number of amides is 1. The Morgan fingerprint density at radius 2 is 1.85 bits per heavy atom. The lowest BCUT2D eigenvalue weighted by atomic mass is 10.2. The quantitative estimate of drug-likeness (QED) is 0.753. The highest BCUT2D eigenvalue weighted by Crippen LogP contribution is 2.35. The SMILES string of the molecule is CC(COc1ccccc1C(F)(F)F)NC(=O)COc1cccc(F)c1. The van der Waals surface area contributed by atoms with Gasteiger partial charge in [-0.25, -0.2) is 4.39 Å². The fourth-order valence-corrected chi connectivity index (χ4v) is 2.11. The van der Waals surface area contributed by atoms with E-state index in [1.807, 2.05) is 0 Å². The fourth-order valence-electron chi connectivity index (χ4n) is 2.11. The molecule has 0 fully saturated rings. The molecule has 1 N–H and O–H groups in total. The van der Waals surface area contributed by atoms with Crippen LogP contribution in [0.1, 0.15) is 12.5 Å². The third-order valence-corrected chi connectivity index (χ3v) is 3.25. The van der Waals surface area contributed by atoms with Gasteiger partial charge in [0, 0.05) is 6.07 Å². The van der Waals surface area contributed by atoms with E-state index in [9.17, 15) is 22.4 Å². The summed E-state index contributed by atoms with van der Waals surface area (Å²) in [7, 11) is 0. The van der Waals surface area contributed by atoms with Crippen LogP contribution in [0.4, 0.5) is 17.6 Å². The van der Waals surface area contributed by atoms with Crippen LogP contribution in [-0.2, 0) is 11.0 Å². The maximum absolute atomic E-state index is 13.0. The normalized spacial score (nSPS) is 12.3. The summed E-state index contributed by atoms with van der Waals surface area (Å²) < 4.78 is 62.0. The minimum absolute atomic E-state index is 0.154. The predicted octanol–water partition coefficient (Wildman–Crippen LogP) is 3.81. The van der Waals surface area contributed by atoms with E-state index in [1.165, 1.54) is 36.4 Å². The zero-order valence-corrected chi connectivity index (χ0v) is 13.8. The first-order valence-electron chi connectivity index (χ1n) is 7.72. The van der Waals surface area contributed by atoms with Crippen molar-refractivity contribution in [2.75, 3.05) is 13.2 Å². The molecule has 0 heterocycles. The molecule has 1 atom stereocenters. The van der Waals surface area contributed by atoms with E-state index in [4.69, 9.17) is 9.47 Å². The summed E-state index contributed by atoms with van der Waals surface area (Å²) in [4.78, 5) is 11.8. The van der Waals surface area contributed by atoms with Gasteiger partial charge >= 0.3 is 6.18 Å². The van der Waals surface area contributed by atoms with Gasteiger partial charge in [0.2, 0.25) is 0 Å². The second kappa shape index (κ2) is 8.55. The summed E-state index contributed by atoms with van der Waals surface area (Å²) in [6.07, 6.45) is -4.53. The summed E-state index contributed by atoms with van der Waals surface area (Å²) in [5.41, 5.74) is -0.882. The first-order chi connectivity index (χ1) is 12.3. The number of carbonyl (C=O) groups is 1. The number of para-hydroxylation sites is 1. The van der Waals surface area contributed by atoms with Gasteiger partial charge in [0.1, 0.15) is 23.9 Å². The Morgan fingerprint density at radius 1 is 1.12 bits per heavy atom. The van der Waals surface area contributed by atoms with Gasteiger partial charge in [-0.15, -0.1) is 0 Å². The van der Waals surface area contributed by atoms with E-state index in [2.05, 4.69) is 5.32 Å². The number of halogens is 4. The monoisotopic (exact) mass is 371 g/mol. The summed E-state index contributed by atoms with van der Waals surface area (Å²) in [6, 6.07) is 9.59. The summed E-state index contributed by atoms with van der Waals surface area (Å²) in [5.74, 6) is -1.11. The van der Waals surface area contributed by atoms with Gasteiger partial charge in [-0.1, -0.05) is 18.2 Å². The van der Waals surface area contributed by atoms with Crippen molar-refractivity contribution in [3.05, 3.63) is 59.9 Å². The molecule has 26 heavy (non-hydrogen) atoms. The third kappa shape index (κ3) is 5.94. The van der Waals surface area contributed by atoms with E-state index >= 15 is 0 Å². The molecule has 140 valence electrons. The van der Waals surface area contributed by atoms with Crippen LogP contribution >= 0.6 is 0 Å². The van der Waals surface area contributed by atoms with Crippen molar-refractivity contribution in [1.82, 2.24) is 5.32 Å². The minimum atomic E-state index is -4.53. The zero-order chi connectivity index (χ0) is 19.2. The van der Waals surface area contributed by atoms with E-state index in [0.29, 0.717) is 0 Å². The van der Waals surface area contributed by atoms with Crippen LogP contribution in [0.5, 0.6) is 11.5 Å². The van der Waals surface area contributed by atoms with Crippen molar-refractivity contribution < 1.29 is 31.8 Å². The van der Waals surface area contributed by atoms with Crippen LogP contribution < -0.4 is 14.8 Å². The molecule has 0 saturated heterocycles. The average molecular weight is 371 g/mol. The van der Waals surface area contributed by atoms with Crippen molar-refractivity contribution in [2.24, 2.45) is 0 Å². The van der Waals surface area contributed by atoms with E-state index in [-0.39, 0.29) is 24.7 Å². The van der Waals surface area contributed by atoms with Crippen LogP contribution in [0.3, 0.4) is 0 Å². The number of ether oxygens (including phenoxy) is 2. The number of hydrogen-bond acceptors (Lipinski definition) is 3. The van der Waals surface area contributed by atoms with Gasteiger partial charge in [0.15, 0.2) is 6.61 Å². The number of alkyl halides is 3. The molecule has 0 spiro atoms. The van der Waals surface area contributed by atoms with E-state index in [0.717, 1.165) is 12.1 Å². The number of rotatable bonds is 7. The molecule has 8 heteroatoms. The third-order valence-electron chi connectivity index (χ3n) is 3.25. The molecule has 2 aromatic carbocycles. The molecule has 0 aromatic heterocycles. The number of carbonyl (C=O) groups excluding carboxylic acids is 1. The number of nitrogens with one attached hydrogen (secondary N) is 1. The maximum Gasteiger partial charge on any atom is 0.419 e. The van der Waals surface area contributed by atoms with Gasteiger partial charge in [-0.3, -0.25) is 4.79 Å². The minimum Gasteiger partial charge on any atom is -0.491 e. The molecule has 1 amide bonds. The molecule has 0 aliphatic rings. The van der Waals surface area contributed by atoms with Gasteiger partial charge in [-0.05, 0) is 31.2 Å². The maximum atomic E-state index is 13.0. The van der Waals surface area contributed by atoms with Gasteiger partial charge < -0.3 is 14.8 Å².